The van der Waals surface area contributed by atoms with Crippen LogP contribution in [0.1, 0.15) is 30.1 Å². The highest BCUT2D eigenvalue weighted by atomic mass is 16.2. The third kappa shape index (κ3) is 2.97. The molecular weight excluding hydrogens is 232 g/mol. The predicted octanol–water partition coefficient (Wildman–Crippen LogP) is 0.0607. The topological polar surface area (TPSA) is 97.1 Å². The molecule has 1 aliphatic rings. The van der Waals surface area contributed by atoms with Crippen molar-refractivity contribution < 1.29 is 9.59 Å². The van der Waals surface area contributed by atoms with Crippen LogP contribution < -0.4 is 16.4 Å². The Morgan fingerprint density at radius 1 is 1.50 bits per heavy atom. The van der Waals surface area contributed by atoms with E-state index in [0.717, 1.165) is 12.8 Å². The number of hydrogen-bond donors (Lipinski definition) is 3. The lowest BCUT2D eigenvalue weighted by atomic mass is 10.2. The molecule has 0 aliphatic heterocycles. The minimum Gasteiger partial charge on any atom is -0.398 e. The van der Waals surface area contributed by atoms with Crippen LogP contribution in [-0.4, -0.2) is 28.9 Å². The molecule has 0 radical (unpaired) electrons. The summed E-state index contributed by atoms with van der Waals surface area (Å²) in [4.78, 5) is 27.4. The third-order valence-electron chi connectivity index (χ3n) is 2.76. The second-order valence-electron chi connectivity index (χ2n) is 4.44. The van der Waals surface area contributed by atoms with Gasteiger partial charge in [-0.3, -0.25) is 14.6 Å². The summed E-state index contributed by atoms with van der Waals surface area (Å²) in [7, 11) is 0. The van der Waals surface area contributed by atoms with Crippen molar-refractivity contribution in [1.29, 1.82) is 0 Å². The lowest BCUT2D eigenvalue weighted by Gasteiger charge is -2.14. The van der Waals surface area contributed by atoms with Gasteiger partial charge in [-0.1, -0.05) is 0 Å². The molecule has 4 N–H and O–H groups in total. The van der Waals surface area contributed by atoms with E-state index in [1.165, 1.54) is 12.4 Å². The average Bonchev–Trinajstić information content (AvgIpc) is 3.13. The zero-order chi connectivity index (χ0) is 13.1. The van der Waals surface area contributed by atoms with Crippen molar-refractivity contribution in [2.75, 3.05) is 5.73 Å². The highest BCUT2D eigenvalue weighted by Gasteiger charge is 2.26. The van der Waals surface area contributed by atoms with Gasteiger partial charge in [0.2, 0.25) is 5.91 Å². The Hall–Kier alpha value is -2.11. The summed E-state index contributed by atoms with van der Waals surface area (Å²) in [6, 6.07) is 1.24. The maximum Gasteiger partial charge on any atom is 0.255 e. The van der Waals surface area contributed by atoms with Gasteiger partial charge in [0.1, 0.15) is 6.04 Å². The first kappa shape index (κ1) is 12.3. The zero-order valence-corrected chi connectivity index (χ0v) is 10.1. The molecule has 1 heterocycles. The second kappa shape index (κ2) is 5.03. The van der Waals surface area contributed by atoms with Crippen molar-refractivity contribution in [3.05, 3.63) is 24.0 Å². The number of pyridine rings is 1. The van der Waals surface area contributed by atoms with Gasteiger partial charge < -0.3 is 16.4 Å². The number of aromatic nitrogens is 1. The fourth-order valence-corrected chi connectivity index (χ4v) is 1.49. The minimum atomic E-state index is -0.585. The average molecular weight is 248 g/mol. The van der Waals surface area contributed by atoms with Crippen molar-refractivity contribution in [3.63, 3.8) is 0 Å². The number of nitrogen functional groups attached to an aromatic ring is 1. The molecule has 0 saturated heterocycles. The highest BCUT2D eigenvalue weighted by molar-refractivity contribution is 6.01. The summed E-state index contributed by atoms with van der Waals surface area (Å²) in [5.74, 6) is -0.563. The number of anilines is 1. The Bertz CT molecular complexity index is 471. The summed E-state index contributed by atoms with van der Waals surface area (Å²) < 4.78 is 0. The van der Waals surface area contributed by atoms with Gasteiger partial charge in [0.05, 0.1) is 5.56 Å². The van der Waals surface area contributed by atoms with E-state index in [1.807, 2.05) is 0 Å². The molecule has 1 fully saturated rings. The smallest absolute Gasteiger partial charge is 0.255 e. The number of nitrogens with one attached hydrogen (secondary N) is 2. The predicted molar refractivity (Wildman–Crippen MR) is 66.7 cm³/mol. The summed E-state index contributed by atoms with van der Waals surface area (Å²) >= 11 is 0. The molecule has 1 aromatic rings. The Labute approximate surface area is 105 Å². The molecule has 1 saturated carbocycles. The van der Waals surface area contributed by atoms with Crippen LogP contribution in [0.5, 0.6) is 0 Å². The molecular formula is C12H16N4O2. The Morgan fingerprint density at radius 3 is 2.83 bits per heavy atom. The first-order chi connectivity index (χ1) is 8.58. The van der Waals surface area contributed by atoms with Crippen molar-refractivity contribution in [2.45, 2.75) is 31.8 Å². The standard InChI is InChI=1S/C12H16N4O2/c1-7(11(17)16-8-2-3-8)15-12(18)9-6-14-5-4-10(9)13/h4-8H,2-3H2,1H3,(H2,13,14)(H,15,18)(H,16,17). The number of carbonyl (C=O) groups is 2. The van der Waals surface area contributed by atoms with Gasteiger partial charge in [-0.2, -0.15) is 0 Å². The van der Waals surface area contributed by atoms with Gasteiger partial charge >= 0.3 is 0 Å². The number of carbonyl (C=O) groups excluding carboxylic acids is 2. The van der Waals surface area contributed by atoms with E-state index in [9.17, 15) is 9.59 Å². The molecule has 1 unspecified atom stereocenters. The van der Waals surface area contributed by atoms with Crippen LogP contribution >= 0.6 is 0 Å². The number of hydrogen-bond acceptors (Lipinski definition) is 4. The van der Waals surface area contributed by atoms with Crippen molar-refractivity contribution in [1.82, 2.24) is 15.6 Å². The SMILES string of the molecule is CC(NC(=O)c1cnccc1N)C(=O)NC1CC1. The maximum atomic E-state index is 11.9. The molecule has 6 nitrogen and oxygen atoms in total. The number of amides is 2. The van der Waals surface area contributed by atoms with Crippen LogP contribution in [0, 0.1) is 0 Å². The van der Waals surface area contributed by atoms with E-state index in [-0.39, 0.29) is 23.4 Å². The summed E-state index contributed by atoms with van der Waals surface area (Å²) in [5.41, 5.74) is 6.29. The zero-order valence-electron chi connectivity index (χ0n) is 10.1. The van der Waals surface area contributed by atoms with Gasteiger partial charge in [0.25, 0.3) is 5.91 Å². The molecule has 2 rings (SSSR count). The van der Waals surface area contributed by atoms with E-state index >= 15 is 0 Å². The largest absolute Gasteiger partial charge is 0.398 e. The molecule has 1 aliphatic carbocycles. The Balaban J connectivity index is 1.94. The molecule has 6 heteroatoms. The Morgan fingerprint density at radius 2 is 2.22 bits per heavy atom. The first-order valence-electron chi connectivity index (χ1n) is 5.88. The van der Waals surface area contributed by atoms with Crippen molar-refractivity contribution >= 4 is 17.5 Å². The van der Waals surface area contributed by atoms with Crippen LogP contribution in [0.25, 0.3) is 0 Å². The van der Waals surface area contributed by atoms with Crippen LogP contribution in [0.2, 0.25) is 0 Å². The summed E-state index contributed by atoms with van der Waals surface area (Å²) in [5, 5.41) is 5.42. The summed E-state index contributed by atoms with van der Waals surface area (Å²) in [6.45, 7) is 1.64. The normalized spacial score (nSPS) is 15.8. The lowest BCUT2D eigenvalue weighted by Crippen LogP contribution is -2.45. The fraction of sp³-hybridized carbons (Fsp3) is 0.417. The quantitative estimate of drug-likeness (QED) is 0.702. The third-order valence-corrected chi connectivity index (χ3v) is 2.76. The van der Waals surface area contributed by atoms with E-state index in [4.69, 9.17) is 5.73 Å². The molecule has 18 heavy (non-hydrogen) atoms. The van der Waals surface area contributed by atoms with Crippen molar-refractivity contribution in [2.24, 2.45) is 0 Å². The lowest BCUT2D eigenvalue weighted by molar-refractivity contribution is -0.122. The molecule has 96 valence electrons. The first-order valence-corrected chi connectivity index (χ1v) is 5.88. The van der Waals surface area contributed by atoms with Gasteiger partial charge in [0, 0.05) is 24.1 Å². The fourth-order valence-electron chi connectivity index (χ4n) is 1.49. The van der Waals surface area contributed by atoms with Crippen LogP contribution in [0.4, 0.5) is 5.69 Å². The Kier molecular flexibility index (Phi) is 3.45. The van der Waals surface area contributed by atoms with Crippen molar-refractivity contribution in [3.8, 4) is 0 Å². The van der Waals surface area contributed by atoms with Gasteiger partial charge in [-0.25, -0.2) is 0 Å². The second-order valence-corrected chi connectivity index (χ2v) is 4.44. The monoisotopic (exact) mass is 248 g/mol. The van der Waals surface area contributed by atoms with E-state index in [2.05, 4.69) is 15.6 Å². The summed E-state index contributed by atoms with van der Waals surface area (Å²) in [6.07, 6.45) is 4.93. The number of nitrogens with zero attached hydrogens (tertiary/aromatic N) is 1. The number of nitrogens with two attached hydrogens (primary N) is 1. The number of rotatable bonds is 4. The van der Waals surface area contributed by atoms with E-state index in [1.54, 1.807) is 13.0 Å². The molecule has 1 atom stereocenters. The molecule has 0 bridgehead atoms. The van der Waals surface area contributed by atoms with Gasteiger partial charge in [0.15, 0.2) is 0 Å². The molecule has 0 aromatic carbocycles. The van der Waals surface area contributed by atoms with Crippen LogP contribution in [-0.2, 0) is 4.79 Å². The minimum absolute atomic E-state index is 0.173. The molecule has 1 aromatic heterocycles. The molecule has 2 amide bonds. The van der Waals surface area contributed by atoms with Gasteiger partial charge in [-0.15, -0.1) is 0 Å². The van der Waals surface area contributed by atoms with E-state index < -0.39 is 6.04 Å². The van der Waals surface area contributed by atoms with E-state index in [0.29, 0.717) is 5.69 Å². The van der Waals surface area contributed by atoms with Crippen LogP contribution in [0.3, 0.4) is 0 Å². The molecule has 0 spiro atoms. The van der Waals surface area contributed by atoms with Crippen LogP contribution in [0.15, 0.2) is 18.5 Å². The van der Waals surface area contributed by atoms with Gasteiger partial charge in [-0.05, 0) is 25.8 Å². The maximum absolute atomic E-state index is 11.9. The highest BCUT2D eigenvalue weighted by Crippen LogP contribution is 2.18.